The van der Waals surface area contributed by atoms with Gasteiger partial charge in [0.2, 0.25) is 5.82 Å². The summed E-state index contributed by atoms with van der Waals surface area (Å²) in [4.78, 5) is 23.4. The van der Waals surface area contributed by atoms with Crippen LogP contribution >= 0.6 is 0 Å². The normalized spacial score (nSPS) is 11.0. The molecule has 0 fully saturated rings. The second kappa shape index (κ2) is 18.1. The van der Waals surface area contributed by atoms with Crippen molar-refractivity contribution in [3.8, 4) is 0 Å². The Bertz CT molecular complexity index is 756. The first kappa shape index (κ1) is 30.8. The van der Waals surface area contributed by atoms with Crippen LogP contribution in [0.2, 0.25) is 0 Å². The number of hydrogen-bond donors (Lipinski definition) is 0. The number of unbranched alkanes of at least 4 members (excludes halogenated alkanes) is 11. The largest absolute Gasteiger partial charge is 0.466 e. The first-order valence-corrected chi connectivity index (χ1v) is 12.6. The molecule has 0 amide bonds. The van der Waals surface area contributed by atoms with E-state index in [1.807, 2.05) is 0 Å². The summed E-state index contributed by atoms with van der Waals surface area (Å²) in [5, 5.41) is 0. The second-order valence-corrected chi connectivity index (χ2v) is 8.67. The van der Waals surface area contributed by atoms with Gasteiger partial charge in [0, 0.05) is 12.8 Å². The van der Waals surface area contributed by atoms with Gasteiger partial charge in [-0.25, -0.2) is 22.0 Å². The van der Waals surface area contributed by atoms with E-state index < -0.39 is 47.2 Å². The molecule has 0 unspecified atom stereocenters. The Morgan fingerprint density at radius 2 is 0.943 bits per heavy atom. The third kappa shape index (κ3) is 12.4. The molecule has 0 radical (unpaired) electrons. The first-order valence-electron chi connectivity index (χ1n) is 12.6. The van der Waals surface area contributed by atoms with Gasteiger partial charge in [0.25, 0.3) is 0 Å². The molecule has 0 atom stereocenters. The van der Waals surface area contributed by atoms with Gasteiger partial charge in [-0.15, -0.1) is 0 Å². The maximum atomic E-state index is 13.6. The van der Waals surface area contributed by atoms with E-state index in [-0.39, 0.29) is 18.8 Å². The molecule has 1 rings (SSSR count). The van der Waals surface area contributed by atoms with Gasteiger partial charge in [0.05, 0.1) is 12.2 Å². The molecule has 1 aromatic rings. The van der Waals surface area contributed by atoms with Gasteiger partial charge in [0.15, 0.2) is 23.3 Å². The van der Waals surface area contributed by atoms with Crippen molar-refractivity contribution in [2.45, 2.75) is 110 Å². The number of benzene rings is 1. The fourth-order valence-electron chi connectivity index (χ4n) is 3.57. The Morgan fingerprint density at radius 1 is 0.543 bits per heavy atom. The Morgan fingerprint density at radius 3 is 1.46 bits per heavy atom. The third-order valence-corrected chi connectivity index (χ3v) is 5.70. The van der Waals surface area contributed by atoms with Gasteiger partial charge in [0.1, 0.15) is 6.61 Å². The van der Waals surface area contributed by atoms with Crippen LogP contribution in [0.1, 0.15) is 109 Å². The van der Waals surface area contributed by atoms with E-state index in [0.717, 1.165) is 19.3 Å². The van der Waals surface area contributed by atoms with Crippen molar-refractivity contribution in [2.24, 2.45) is 0 Å². The van der Waals surface area contributed by atoms with Crippen LogP contribution in [-0.4, -0.2) is 18.5 Å². The molecule has 0 aliphatic heterocycles. The van der Waals surface area contributed by atoms with Crippen LogP contribution < -0.4 is 0 Å². The minimum atomic E-state index is -2.27. The molecule has 0 aliphatic carbocycles. The highest BCUT2D eigenvalue weighted by Crippen LogP contribution is 2.23. The van der Waals surface area contributed by atoms with Crippen LogP contribution in [0.15, 0.2) is 0 Å². The van der Waals surface area contributed by atoms with Crippen LogP contribution in [0.25, 0.3) is 0 Å². The minimum absolute atomic E-state index is 0.108. The zero-order valence-electron chi connectivity index (χ0n) is 20.5. The van der Waals surface area contributed by atoms with Crippen molar-refractivity contribution in [3.05, 3.63) is 34.6 Å². The highest BCUT2D eigenvalue weighted by atomic mass is 19.2. The Labute approximate surface area is 204 Å². The van der Waals surface area contributed by atoms with E-state index in [2.05, 4.69) is 11.7 Å². The molecule has 0 N–H and O–H groups in total. The van der Waals surface area contributed by atoms with Crippen molar-refractivity contribution < 1.29 is 41.0 Å². The van der Waals surface area contributed by atoms with Crippen molar-refractivity contribution in [1.82, 2.24) is 0 Å². The fourth-order valence-corrected chi connectivity index (χ4v) is 3.57. The number of rotatable bonds is 19. The first-order chi connectivity index (χ1) is 16.8. The summed E-state index contributed by atoms with van der Waals surface area (Å²) in [6, 6.07) is 0. The number of esters is 2. The van der Waals surface area contributed by atoms with Crippen LogP contribution in [0.3, 0.4) is 0 Å². The lowest BCUT2D eigenvalue weighted by Gasteiger charge is -2.09. The van der Waals surface area contributed by atoms with Crippen LogP contribution in [0, 0.1) is 29.1 Å². The third-order valence-electron chi connectivity index (χ3n) is 5.70. The van der Waals surface area contributed by atoms with E-state index in [1.165, 1.54) is 44.9 Å². The molecule has 1 aromatic carbocycles. The maximum Gasteiger partial charge on any atom is 0.306 e. The molecule has 35 heavy (non-hydrogen) atoms. The molecule has 0 heterocycles. The molecule has 0 aromatic heterocycles. The van der Waals surface area contributed by atoms with Gasteiger partial charge in [-0.05, 0) is 19.3 Å². The van der Waals surface area contributed by atoms with E-state index >= 15 is 0 Å². The Kier molecular flexibility index (Phi) is 16.0. The highest BCUT2D eigenvalue weighted by Gasteiger charge is 2.26. The van der Waals surface area contributed by atoms with Crippen LogP contribution in [0.5, 0.6) is 0 Å². The van der Waals surface area contributed by atoms with E-state index in [4.69, 9.17) is 4.74 Å². The predicted molar refractivity (Wildman–Crippen MR) is 122 cm³/mol. The lowest BCUT2D eigenvalue weighted by atomic mass is 10.1. The van der Waals surface area contributed by atoms with Crippen molar-refractivity contribution >= 4 is 11.9 Å². The van der Waals surface area contributed by atoms with Gasteiger partial charge in [-0.3, -0.25) is 9.59 Å². The number of halogens is 5. The summed E-state index contributed by atoms with van der Waals surface area (Å²) in [5.41, 5.74) is -1.19. The van der Waals surface area contributed by atoms with E-state index in [0.29, 0.717) is 25.9 Å². The number of ether oxygens (including phenoxy) is 2. The maximum absolute atomic E-state index is 13.6. The Hall–Kier alpha value is -2.19. The standard InChI is InChI=1S/C26H37F5O4/c1-2-3-4-5-6-7-8-9-10-14-17-34-20(32)15-12-11-13-16-21(33)35-18-19-22(27)24(29)26(31)25(30)23(19)28/h2-18H2,1H3. The molecule has 0 aliphatic rings. The molecule has 0 spiro atoms. The summed E-state index contributed by atoms with van der Waals surface area (Å²) in [6.45, 7) is 1.55. The molecule has 0 saturated heterocycles. The lowest BCUT2D eigenvalue weighted by Crippen LogP contribution is -2.11. The fraction of sp³-hybridized carbons (Fsp3) is 0.692. The predicted octanol–water partition coefficient (Wildman–Crippen LogP) is 7.84. The zero-order valence-corrected chi connectivity index (χ0v) is 20.5. The van der Waals surface area contributed by atoms with Crippen molar-refractivity contribution in [2.75, 3.05) is 6.61 Å². The second-order valence-electron chi connectivity index (χ2n) is 8.67. The topological polar surface area (TPSA) is 52.6 Å². The lowest BCUT2D eigenvalue weighted by molar-refractivity contribution is -0.145. The summed E-state index contributed by atoms with van der Waals surface area (Å²) >= 11 is 0. The van der Waals surface area contributed by atoms with Crippen LogP contribution in [-0.2, 0) is 25.7 Å². The Balaban J connectivity index is 2.04. The highest BCUT2D eigenvalue weighted by molar-refractivity contribution is 5.70. The van der Waals surface area contributed by atoms with Crippen LogP contribution in [0.4, 0.5) is 22.0 Å². The van der Waals surface area contributed by atoms with Gasteiger partial charge in [-0.2, -0.15) is 0 Å². The molecule has 0 bridgehead atoms. The SMILES string of the molecule is CCCCCCCCCCCCOC(=O)CCCCCC(=O)OCc1c(F)c(F)c(F)c(F)c1F. The monoisotopic (exact) mass is 508 g/mol. The summed E-state index contributed by atoms with van der Waals surface area (Å²) in [7, 11) is 0. The van der Waals surface area contributed by atoms with Crippen molar-refractivity contribution in [1.29, 1.82) is 0 Å². The van der Waals surface area contributed by atoms with E-state index in [1.54, 1.807) is 0 Å². The van der Waals surface area contributed by atoms with Crippen molar-refractivity contribution in [3.63, 3.8) is 0 Å². The van der Waals surface area contributed by atoms with E-state index in [9.17, 15) is 31.5 Å². The summed E-state index contributed by atoms with van der Waals surface area (Å²) in [5.74, 6) is -11.6. The molecular formula is C26H37F5O4. The molecule has 9 heteroatoms. The zero-order chi connectivity index (χ0) is 26.1. The summed E-state index contributed by atoms with van der Waals surface area (Å²) in [6.07, 6.45) is 13.5. The smallest absolute Gasteiger partial charge is 0.306 e. The van der Waals surface area contributed by atoms with Gasteiger partial charge in [-0.1, -0.05) is 71.1 Å². The quantitative estimate of drug-likeness (QED) is 0.0628. The summed E-state index contributed by atoms with van der Waals surface area (Å²) < 4.78 is 76.2. The molecular weight excluding hydrogens is 471 g/mol. The number of carbonyl (C=O) groups excluding carboxylic acids is 2. The molecule has 200 valence electrons. The average molecular weight is 509 g/mol. The molecule has 4 nitrogen and oxygen atoms in total. The minimum Gasteiger partial charge on any atom is -0.466 e. The van der Waals surface area contributed by atoms with Gasteiger partial charge < -0.3 is 9.47 Å². The van der Waals surface area contributed by atoms with Gasteiger partial charge >= 0.3 is 11.9 Å². The number of carbonyl (C=O) groups is 2. The average Bonchev–Trinajstić information content (AvgIpc) is 2.84. The molecule has 0 saturated carbocycles. The number of hydrogen-bond acceptors (Lipinski definition) is 4.